The summed E-state index contributed by atoms with van der Waals surface area (Å²) in [5.74, 6) is 1.57. The maximum Gasteiger partial charge on any atom is 0.229 e. The van der Waals surface area contributed by atoms with Crippen molar-refractivity contribution in [2.45, 2.75) is 57.0 Å². The molecule has 4 fully saturated rings. The molecule has 37 heavy (non-hydrogen) atoms. The third kappa shape index (κ3) is 5.10. The molecule has 1 aliphatic carbocycles. The van der Waals surface area contributed by atoms with Gasteiger partial charge in [-0.2, -0.15) is 0 Å². The lowest BCUT2D eigenvalue weighted by Crippen LogP contribution is -2.54. The number of rotatable bonds is 8. The number of nitrogens with zero attached hydrogens (tertiary/aromatic N) is 2. The first-order chi connectivity index (χ1) is 18.0. The van der Waals surface area contributed by atoms with E-state index in [1.165, 1.54) is 30.5 Å². The molecule has 1 amide bonds. The van der Waals surface area contributed by atoms with Gasteiger partial charge in [-0.1, -0.05) is 42.5 Å². The Morgan fingerprint density at radius 3 is 2.38 bits per heavy atom. The molecule has 2 aromatic carbocycles. The summed E-state index contributed by atoms with van der Waals surface area (Å²) in [6.07, 6.45) is 5.58. The zero-order valence-electron chi connectivity index (χ0n) is 21.6. The molecular weight excluding hydrogens is 465 g/mol. The Labute approximate surface area is 219 Å². The van der Waals surface area contributed by atoms with E-state index in [1.807, 2.05) is 4.90 Å². The van der Waals surface area contributed by atoms with Crippen LogP contribution in [0.2, 0.25) is 0 Å². The van der Waals surface area contributed by atoms with Crippen molar-refractivity contribution in [1.82, 2.24) is 15.1 Å². The van der Waals surface area contributed by atoms with E-state index in [-0.39, 0.29) is 29.1 Å². The van der Waals surface area contributed by atoms with Crippen molar-refractivity contribution in [2.75, 3.05) is 32.7 Å². The van der Waals surface area contributed by atoms with E-state index in [9.17, 15) is 14.0 Å². The quantitative estimate of drug-likeness (QED) is 0.581. The predicted molar refractivity (Wildman–Crippen MR) is 141 cm³/mol. The number of hydrogen-bond acceptors (Lipinski definition) is 4. The van der Waals surface area contributed by atoms with Gasteiger partial charge in [0.25, 0.3) is 0 Å². The van der Waals surface area contributed by atoms with Gasteiger partial charge in [-0.25, -0.2) is 4.39 Å². The van der Waals surface area contributed by atoms with Crippen LogP contribution in [0.4, 0.5) is 4.39 Å². The number of benzene rings is 2. The zero-order valence-corrected chi connectivity index (χ0v) is 21.6. The maximum absolute atomic E-state index is 13.7. The van der Waals surface area contributed by atoms with E-state index in [2.05, 4.69) is 40.5 Å². The van der Waals surface area contributed by atoms with Crippen LogP contribution < -0.4 is 5.32 Å². The molecule has 0 bridgehead atoms. The highest BCUT2D eigenvalue weighted by molar-refractivity contribution is 5.86. The summed E-state index contributed by atoms with van der Waals surface area (Å²) in [5, 5.41) is 3.59. The molecule has 5 nitrogen and oxygen atoms in total. The fraction of sp³-hybridized carbons (Fsp3) is 0.548. The van der Waals surface area contributed by atoms with Crippen LogP contribution in [-0.2, 0) is 16.1 Å². The number of likely N-dealkylation sites (tertiary alicyclic amines) is 2. The number of amides is 1. The SMILES string of the molecule is O=C(CC1CC1)C([C@@H]1CNC[C@@H]1c1ccccc1)N1CCC2(CCN(Cc3ccc(F)cc3)C2=O)CC1. The van der Waals surface area contributed by atoms with E-state index in [1.54, 1.807) is 12.1 Å². The average molecular weight is 504 g/mol. The summed E-state index contributed by atoms with van der Waals surface area (Å²) < 4.78 is 13.3. The zero-order chi connectivity index (χ0) is 25.4. The van der Waals surface area contributed by atoms with Gasteiger partial charge in [-0.05, 0) is 74.4 Å². The van der Waals surface area contributed by atoms with Gasteiger partial charge in [0.1, 0.15) is 5.82 Å². The molecule has 0 radical (unpaired) electrons. The molecule has 0 aromatic heterocycles. The summed E-state index contributed by atoms with van der Waals surface area (Å²) in [4.78, 5) is 31.7. The number of hydrogen-bond donors (Lipinski definition) is 1. The summed E-state index contributed by atoms with van der Waals surface area (Å²) >= 11 is 0. The van der Waals surface area contributed by atoms with Crippen LogP contribution in [0, 0.1) is 23.1 Å². The second-order valence-corrected chi connectivity index (χ2v) is 11.8. The van der Waals surface area contributed by atoms with E-state index in [0.29, 0.717) is 30.6 Å². The van der Waals surface area contributed by atoms with Crippen molar-refractivity contribution in [3.63, 3.8) is 0 Å². The van der Waals surface area contributed by atoms with Gasteiger partial charge in [0.15, 0.2) is 5.78 Å². The van der Waals surface area contributed by atoms with Crippen molar-refractivity contribution in [1.29, 1.82) is 0 Å². The first-order valence-electron chi connectivity index (χ1n) is 14.1. The van der Waals surface area contributed by atoms with Crippen molar-refractivity contribution in [2.24, 2.45) is 17.3 Å². The minimum absolute atomic E-state index is 0.0787. The highest BCUT2D eigenvalue weighted by Crippen LogP contribution is 2.44. The smallest absolute Gasteiger partial charge is 0.229 e. The molecule has 1 unspecified atom stereocenters. The highest BCUT2D eigenvalue weighted by Gasteiger charge is 2.50. The van der Waals surface area contributed by atoms with E-state index < -0.39 is 0 Å². The molecule has 3 atom stereocenters. The Morgan fingerprint density at radius 2 is 1.68 bits per heavy atom. The van der Waals surface area contributed by atoms with Crippen LogP contribution in [0.3, 0.4) is 0 Å². The topological polar surface area (TPSA) is 52.7 Å². The van der Waals surface area contributed by atoms with Crippen molar-refractivity contribution in [3.05, 3.63) is 71.5 Å². The van der Waals surface area contributed by atoms with E-state index in [0.717, 1.165) is 57.5 Å². The summed E-state index contributed by atoms with van der Waals surface area (Å²) in [6, 6.07) is 17.0. The van der Waals surface area contributed by atoms with Crippen molar-refractivity contribution < 1.29 is 14.0 Å². The second-order valence-electron chi connectivity index (χ2n) is 11.8. The first kappa shape index (κ1) is 24.7. The molecule has 196 valence electrons. The van der Waals surface area contributed by atoms with Gasteiger partial charge in [0, 0.05) is 44.4 Å². The van der Waals surface area contributed by atoms with E-state index in [4.69, 9.17) is 0 Å². The fourth-order valence-electron chi connectivity index (χ4n) is 7.08. The van der Waals surface area contributed by atoms with Gasteiger partial charge in [0.05, 0.1) is 11.5 Å². The number of carbonyl (C=O) groups is 2. The fourth-order valence-corrected chi connectivity index (χ4v) is 7.08. The lowest BCUT2D eigenvalue weighted by molar-refractivity contribution is -0.140. The summed E-state index contributed by atoms with van der Waals surface area (Å²) in [7, 11) is 0. The monoisotopic (exact) mass is 503 g/mol. The van der Waals surface area contributed by atoms with Crippen LogP contribution in [0.1, 0.15) is 55.6 Å². The molecule has 3 aliphatic heterocycles. The first-order valence-corrected chi connectivity index (χ1v) is 14.1. The lowest BCUT2D eigenvalue weighted by Gasteiger charge is -2.44. The molecule has 1 saturated carbocycles. The number of ketones is 1. The summed E-state index contributed by atoms with van der Waals surface area (Å²) in [5.41, 5.74) is 1.97. The van der Waals surface area contributed by atoms with Crippen LogP contribution in [0.5, 0.6) is 0 Å². The van der Waals surface area contributed by atoms with Crippen LogP contribution in [0.25, 0.3) is 0 Å². The lowest BCUT2D eigenvalue weighted by atomic mass is 9.74. The molecule has 3 saturated heterocycles. The number of piperidine rings is 1. The van der Waals surface area contributed by atoms with Gasteiger partial charge in [-0.3, -0.25) is 14.5 Å². The minimum Gasteiger partial charge on any atom is -0.338 e. The molecule has 3 heterocycles. The largest absolute Gasteiger partial charge is 0.338 e. The normalized spacial score (nSPS) is 26.6. The van der Waals surface area contributed by atoms with Gasteiger partial charge in [0.2, 0.25) is 5.91 Å². The van der Waals surface area contributed by atoms with Crippen molar-refractivity contribution in [3.8, 4) is 0 Å². The standard InChI is InChI=1S/C31H38FN3O2/c32-25-10-8-23(9-11-25)21-35-17-14-31(30(35)37)12-15-34(16-13-31)29(28(36)18-22-6-7-22)27-20-33-19-26(27)24-4-2-1-3-5-24/h1-5,8-11,22,26-27,29,33H,6-7,12-21H2/t26-,27-,29?/m1/s1. The number of halogens is 1. The Bertz CT molecular complexity index is 1110. The third-order valence-electron chi connectivity index (χ3n) is 9.45. The molecule has 2 aromatic rings. The number of nitrogens with one attached hydrogen (secondary N) is 1. The van der Waals surface area contributed by atoms with Crippen LogP contribution in [0.15, 0.2) is 54.6 Å². The second kappa shape index (κ2) is 10.3. The van der Waals surface area contributed by atoms with Gasteiger partial charge in [-0.15, -0.1) is 0 Å². The van der Waals surface area contributed by atoms with Crippen LogP contribution in [-0.4, -0.2) is 60.3 Å². The molecule has 1 N–H and O–H groups in total. The predicted octanol–water partition coefficient (Wildman–Crippen LogP) is 4.38. The maximum atomic E-state index is 13.7. The molecule has 1 spiro atoms. The number of Topliss-reactive ketones (excluding diaryl/α,β-unsaturated/α-hetero) is 1. The molecule has 6 heteroatoms. The Kier molecular flexibility index (Phi) is 6.89. The van der Waals surface area contributed by atoms with Crippen molar-refractivity contribution >= 4 is 11.7 Å². The van der Waals surface area contributed by atoms with Gasteiger partial charge < -0.3 is 10.2 Å². The highest BCUT2D eigenvalue weighted by atomic mass is 19.1. The third-order valence-corrected chi connectivity index (χ3v) is 9.45. The van der Waals surface area contributed by atoms with Gasteiger partial charge >= 0.3 is 0 Å². The molecule has 6 rings (SSSR count). The van der Waals surface area contributed by atoms with Crippen LogP contribution >= 0.6 is 0 Å². The Balaban J connectivity index is 1.16. The minimum atomic E-state index is -0.312. The van der Waals surface area contributed by atoms with E-state index >= 15 is 0 Å². The Hall–Kier alpha value is -2.57. The summed E-state index contributed by atoms with van der Waals surface area (Å²) in [6.45, 7) is 4.68. The number of carbonyl (C=O) groups excluding carboxylic acids is 2. The Morgan fingerprint density at radius 1 is 0.973 bits per heavy atom. The molecule has 4 aliphatic rings. The average Bonchev–Trinajstić information content (AvgIpc) is 3.52. The molecular formula is C31H38FN3O2.